The fraction of sp³-hybridized carbons (Fsp3) is 0.318. The molecule has 2 amide bonds. The van der Waals surface area contributed by atoms with Gasteiger partial charge in [-0.25, -0.2) is 0 Å². The SMILES string of the molecule is O=C(O)CCC(=O)Nc1cccc(SCC(=O)N2CCN(c3ccccc3)CC2)c1. The molecule has 1 fully saturated rings. The lowest BCUT2D eigenvalue weighted by atomic mass is 10.2. The zero-order chi connectivity index (χ0) is 21.3. The van der Waals surface area contributed by atoms with Crippen LogP contribution in [0.3, 0.4) is 0 Å². The molecular formula is C22H25N3O4S. The molecular weight excluding hydrogens is 402 g/mol. The summed E-state index contributed by atoms with van der Waals surface area (Å²) in [5.74, 6) is -0.907. The van der Waals surface area contributed by atoms with Crippen LogP contribution in [0.5, 0.6) is 0 Å². The van der Waals surface area contributed by atoms with Gasteiger partial charge in [0.25, 0.3) is 0 Å². The maximum atomic E-state index is 12.6. The molecule has 2 N–H and O–H groups in total. The molecule has 1 aliphatic heterocycles. The van der Waals surface area contributed by atoms with Crippen LogP contribution in [0.15, 0.2) is 59.5 Å². The van der Waals surface area contributed by atoms with E-state index in [2.05, 4.69) is 22.3 Å². The molecule has 0 aliphatic carbocycles. The van der Waals surface area contributed by atoms with E-state index in [9.17, 15) is 14.4 Å². The van der Waals surface area contributed by atoms with Crippen LogP contribution in [-0.4, -0.2) is 59.7 Å². The van der Waals surface area contributed by atoms with Crippen molar-refractivity contribution in [3.63, 3.8) is 0 Å². The molecule has 1 aliphatic rings. The number of nitrogens with zero attached hydrogens (tertiary/aromatic N) is 2. The average molecular weight is 428 g/mol. The van der Waals surface area contributed by atoms with Crippen molar-refractivity contribution in [3.05, 3.63) is 54.6 Å². The van der Waals surface area contributed by atoms with E-state index in [-0.39, 0.29) is 24.7 Å². The number of aliphatic carboxylic acids is 1. The number of hydrogen-bond donors (Lipinski definition) is 2. The molecule has 158 valence electrons. The maximum absolute atomic E-state index is 12.6. The van der Waals surface area contributed by atoms with E-state index in [0.29, 0.717) is 24.5 Å². The second-order valence-electron chi connectivity index (χ2n) is 6.96. The van der Waals surface area contributed by atoms with Crippen molar-refractivity contribution in [2.45, 2.75) is 17.7 Å². The molecule has 0 spiro atoms. The maximum Gasteiger partial charge on any atom is 0.303 e. The normalized spacial score (nSPS) is 13.7. The van der Waals surface area contributed by atoms with E-state index in [1.54, 1.807) is 18.2 Å². The van der Waals surface area contributed by atoms with Gasteiger partial charge in [-0.3, -0.25) is 14.4 Å². The summed E-state index contributed by atoms with van der Waals surface area (Å²) in [5.41, 5.74) is 1.78. The van der Waals surface area contributed by atoms with E-state index in [0.717, 1.165) is 18.0 Å². The number of carboxylic acids is 1. The Morgan fingerprint density at radius 2 is 1.67 bits per heavy atom. The van der Waals surface area contributed by atoms with Crippen LogP contribution in [0.25, 0.3) is 0 Å². The summed E-state index contributed by atoms with van der Waals surface area (Å²) in [4.78, 5) is 40.0. The number of anilines is 2. The Morgan fingerprint density at radius 3 is 2.37 bits per heavy atom. The first-order chi connectivity index (χ1) is 14.5. The smallest absolute Gasteiger partial charge is 0.303 e. The number of hydrogen-bond acceptors (Lipinski definition) is 5. The molecule has 8 heteroatoms. The highest BCUT2D eigenvalue weighted by atomic mass is 32.2. The van der Waals surface area contributed by atoms with Crippen molar-refractivity contribution in [2.24, 2.45) is 0 Å². The Kier molecular flexibility index (Phi) is 7.73. The number of para-hydroxylation sites is 1. The third-order valence-electron chi connectivity index (χ3n) is 4.80. The van der Waals surface area contributed by atoms with Gasteiger partial charge in [-0.2, -0.15) is 0 Å². The molecule has 1 saturated heterocycles. The lowest BCUT2D eigenvalue weighted by molar-refractivity contribution is -0.138. The largest absolute Gasteiger partial charge is 0.481 e. The fourth-order valence-electron chi connectivity index (χ4n) is 3.20. The Morgan fingerprint density at radius 1 is 0.933 bits per heavy atom. The van der Waals surface area contributed by atoms with E-state index < -0.39 is 5.97 Å². The third kappa shape index (κ3) is 6.52. The van der Waals surface area contributed by atoms with Crippen molar-refractivity contribution in [1.82, 2.24) is 4.90 Å². The van der Waals surface area contributed by atoms with Gasteiger partial charge in [0.05, 0.1) is 12.2 Å². The number of thioether (sulfide) groups is 1. The molecule has 2 aromatic rings. The molecule has 0 aromatic heterocycles. The first-order valence-corrected chi connectivity index (χ1v) is 10.8. The van der Waals surface area contributed by atoms with E-state index in [4.69, 9.17) is 5.11 Å². The zero-order valence-corrected chi connectivity index (χ0v) is 17.4. The molecule has 3 rings (SSSR count). The number of nitrogens with one attached hydrogen (secondary N) is 1. The fourth-order valence-corrected chi connectivity index (χ4v) is 4.05. The Balaban J connectivity index is 1.45. The molecule has 1 heterocycles. The van der Waals surface area contributed by atoms with Crippen LogP contribution in [0.1, 0.15) is 12.8 Å². The van der Waals surface area contributed by atoms with Gasteiger partial charge in [-0.05, 0) is 30.3 Å². The zero-order valence-electron chi connectivity index (χ0n) is 16.6. The highest BCUT2D eigenvalue weighted by molar-refractivity contribution is 8.00. The predicted octanol–water partition coefficient (Wildman–Crippen LogP) is 2.93. The monoisotopic (exact) mass is 427 g/mol. The first kappa shape index (κ1) is 21.7. The van der Waals surface area contributed by atoms with Crippen molar-refractivity contribution >= 4 is 40.9 Å². The highest BCUT2D eigenvalue weighted by Gasteiger charge is 2.21. The first-order valence-electron chi connectivity index (χ1n) is 9.83. The Hall–Kier alpha value is -3.00. The number of rotatable bonds is 8. The van der Waals surface area contributed by atoms with Gasteiger partial charge in [0, 0.05) is 48.9 Å². The van der Waals surface area contributed by atoms with E-state index >= 15 is 0 Å². The summed E-state index contributed by atoms with van der Waals surface area (Å²) >= 11 is 1.43. The quantitative estimate of drug-likeness (QED) is 0.630. The molecule has 7 nitrogen and oxygen atoms in total. The number of carbonyl (C=O) groups excluding carboxylic acids is 2. The van der Waals surface area contributed by atoms with Crippen LogP contribution >= 0.6 is 11.8 Å². The molecule has 0 unspecified atom stereocenters. The summed E-state index contributed by atoms with van der Waals surface area (Å²) in [7, 11) is 0. The van der Waals surface area contributed by atoms with Crippen molar-refractivity contribution in [2.75, 3.05) is 42.1 Å². The van der Waals surface area contributed by atoms with Gasteiger partial charge in [0.1, 0.15) is 0 Å². The van der Waals surface area contributed by atoms with Crippen LogP contribution in [-0.2, 0) is 14.4 Å². The summed E-state index contributed by atoms with van der Waals surface area (Å²) in [6.07, 6.45) is -0.271. The number of carboxylic acid groups (broad SMARTS) is 1. The third-order valence-corrected chi connectivity index (χ3v) is 5.78. The van der Waals surface area contributed by atoms with Crippen LogP contribution in [0, 0.1) is 0 Å². The van der Waals surface area contributed by atoms with Crippen molar-refractivity contribution in [1.29, 1.82) is 0 Å². The summed E-state index contributed by atoms with van der Waals surface area (Å²) in [6.45, 7) is 3.04. The molecule has 0 atom stereocenters. The van der Waals surface area contributed by atoms with E-state index in [1.165, 1.54) is 17.4 Å². The molecule has 0 saturated carbocycles. The standard InChI is InChI=1S/C22H25N3O4S/c26-20(9-10-22(28)29)23-17-5-4-8-19(15-17)30-16-21(27)25-13-11-24(12-14-25)18-6-2-1-3-7-18/h1-8,15H,9-14,16H2,(H,23,26)(H,28,29). The van der Waals surface area contributed by atoms with Gasteiger partial charge < -0.3 is 20.2 Å². The topological polar surface area (TPSA) is 89.9 Å². The second kappa shape index (κ2) is 10.7. The van der Waals surface area contributed by atoms with E-state index in [1.807, 2.05) is 29.2 Å². The second-order valence-corrected chi connectivity index (χ2v) is 8.01. The molecule has 0 radical (unpaired) electrons. The minimum absolute atomic E-state index is 0.0693. The number of amides is 2. The number of benzene rings is 2. The summed E-state index contributed by atoms with van der Waals surface area (Å²) in [6, 6.07) is 17.4. The highest BCUT2D eigenvalue weighted by Crippen LogP contribution is 2.23. The van der Waals surface area contributed by atoms with Crippen LogP contribution in [0.2, 0.25) is 0 Å². The average Bonchev–Trinajstić information content (AvgIpc) is 2.77. The van der Waals surface area contributed by atoms with Gasteiger partial charge in [-0.1, -0.05) is 24.3 Å². The van der Waals surface area contributed by atoms with Crippen molar-refractivity contribution < 1.29 is 19.5 Å². The summed E-state index contributed by atoms with van der Waals surface area (Å²) in [5, 5.41) is 11.3. The summed E-state index contributed by atoms with van der Waals surface area (Å²) < 4.78 is 0. The lowest BCUT2D eigenvalue weighted by Crippen LogP contribution is -2.49. The predicted molar refractivity (Wildman–Crippen MR) is 118 cm³/mol. The number of piperazine rings is 1. The van der Waals surface area contributed by atoms with Gasteiger partial charge in [0.2, 0.25) is 11.8 Å². The van der Waals surface area contributed by atoms with Gasteiger partial charge >= 0.3 is 5.97 Å². The van der Waals surface area contributed by atoms with Gasteiger partial charge in [0.15, 0.2) is 0 Å². The molecule has 0 bridgehead atoms. The Bertz CT molecular complexity index is 883. The van der Waals surface area contributed by atoms with Crippen molar-refractivity contribution in [3.8, 4) is 0 Å². The molecule has 30 heavy (non-hydrogen) atoms. The lowest BCUT2D eigenvalue weighted by Gasteiger charge is -2.36. The molecule has 2 aromatic carbocycles. The van der Waals surface area contributed by atoms with Crippen LogP contribution in [0.4, 0.5) is 11.4 Å². The number of carbonyl (C=O) groups is 3. The minimum Gasteiger partial charge on any atom is -0.481 e. The van der Waals surface area contributed by atoms with Gasteiger partial charge in [-0.15, -0.1) is 11.8 Å². The van der Waals surface area contributed by atoms with Crippen LogP contribution < -0.4 is 10.2 Å². The minimum atomic E-state index is -1.00. The Labute approximate surface area is 180 Å².